The van der Waals surface area contributed by atoms with Gasteiger partial charge in [0, 0.05) is 38.1 Å². The molecule has 1 saturated heterocycles. The molecule has 5 rings (SSSR count). The van der Waals surface area contributed by atoms with E-state index in [1.54, 1.807) is 0 Å². The summed E-state index contributed by atoms with van der Waals surface area (Å²) in [6.07, 6.45) is 1.07. The normalized spacial score (nSPS) is 17.1. The van der Waals surface area contributed by atoms with E-state index < -0.39 is 0 Å². The van der Waals surface area contributed by atoms with E-state index in [1.807, 2.05) is 0 Å². The topological polar surface area (TPSA) is 40.2 Å². The molecule has 0 unspecified atom stereocenters. The summed E-state index contributed by atoms with van der Waals surface area (Å²) in [6, 6.07) is 15.2. The van der Waals surface area contributed by atoms with Crippen LogP contribution in [0.3, 0.4) is 0 Å². The second kappa shape index (κ2) is 7.12. The first kappa shape index (κ1) is 17.0. The standard InChI is InChI=1S/C22H23ClN4/c23-20-13-17-12-15(18-3-1-2-16-14-25-7-6-19(16)18)4-5-21(17)26-22(20)27-10-8-24-9-11-27/h1-5,12-13,24-25H,6-11,14H2. The molecule has 0 aliphatic carbocycles. The first-order valence-corrected chi connectivity index (χ1v) is 10.1. The van der Waals surface area contributed by atoms with Gasteiger partial charge in [0.15, 0.2) is 0 Å². The summed E-state index contributed by atoms with van der Waals surface area (Å²) in [4.78, 5) is 7.15. The molecule has 0 radical (unpaired) electrons. The fraction of sp³-hybridized carbons (Fsp3) is 0.318. The summed E-state index contributed by atoms with van der Waals surface area (Å²) >= 11 is 6.62. The number of aromatic nitrogens is 1. The predicted molar refractivity (Wildman–Crippen MR) is 113 cm³/mol. The number of halogens is 1. The minimum Gasteiger partial charge on any atom is -0.353 e. The first-order chi connectivity index (χ1) is 13.3. The van der Waals surface area contributed by atoms with E-state index in [2.05, 4.69) is 58.0 Å². The molecule has 1 fully saturated rings. The Bertz CT molecular complexity index is 995. The number of piperazine rings is 1. The molecule has 2 aliphatic rings. The Morgan fingerprint density at radius 3 is 2.74 bits per heavy atom. The summed E-state index contributed by atoms with van der Waals surface area (Å²) in [5.41, 5.74) is 6.45. The van der Waals surface area contributed by atoms with Crippen molar-refractivity contribution in [3.05, 3.63) is 58.6 Å². The van der Waals surface area contributed by atoms with E-state index in [1.165, 1.54) is 22.3 Å². The SMILES string of the molecule is Clc1cc2cc(-c3cccc4c3CCNC4)ccc2nc1N1CCNCC1. The highest BCUT2D eigenvalue weighted by Crippen LogP contribution is 2.33. The van der Waals surface area contributed by atoms with E-state index in [0.29, 0.717) is 0 Å². The van der Waals surface area contributed by atoms with Crippen LogP contribution >= 0.6 is 11.6 Å². The van der Waals surface area contributed by atoms with Gasteiger partial charge < -0.3 is 15.5 Å². The zero-order valence-electron chi connectivity index (χ0n) is 15.3. The molecule has 0 bridgehead atoms. The van der Waals surface area contributed by atoms with Crippen LogP contribution in [-0.2, 0) is 13.0 Å². The lowest BCUT2D eigenvalue weighted by molar-refractivity contribution is 0.585. The van der Waals surface area contributed by atoms with Gasteiger partial charge in [0.2, 0.25) is 0 Å². The van der Waals surface area contributed by atoms with Crippen molar-refractivity contribution < 1.29 is 0 Å². The van der Waals surface area contributed by atoms with Gasteiger partial charge >= 0.3 is 0 Å². The van der Waals surface area contributed by atoms with Gasteiger partial charge in [0.1, 0.15) is 5.82 Å². The lowest BCUT2D eigenvalue weighted by Crippen LogP contribution is -2.44. The number of hydrogen-bond donors (Lipinski definition) is 2. The molecule has 138 valence electrons. The van der Waals surface area contributed by atoms with Crippen LogP contribution in [0.4, 0.5) is 5.82 Å². The molecule has 2 aromatic carbocycles. The third kappa shape index (κ3) is 3.18. The Balaban J connectivity index is 1.57. The van der Waals surface area contributed by atoms with Crippen molar-refractivity contribution in [2.75, 3.05) is 37.6 Å². The van der Waals surface area contributed by atoms with Gasteiger partial charge in [0.25, 0.3) is 0 Å². The molecule has 1 aromatic heterocycles. The van der Waals surface area contributed by atoms with Crippen molar-refractivity contribution in [1.82, 2.24) is 15.6 Å². The number of rotatable bonds is 2. The third-order valence-corrected chi connectivity index (χ3v) is 5.90. The minimum absolute atomic E-state index is 0.737. The molecular weight excluding hydrogens is 356 g/mol. The molecule has 27 heavy (non-hydrogen) atoms. The fourth-order valence-corrected chi connectivity index (χ4v) is 4.49. The highest BCUT2D eigenvalue weighted by molar-refractivity contribution is 6.33. The maximum Gasteiger partial charge on any atom is 0.148 e. The van der Waals surface area contributed by atoms with Crippen molar-refractivity contribution in [2.45, 2.75) is 13.0 Å². The molecule has 0 spiro atoms. The van der Waals surface area contributed by atoms with E-state index in [-0.39, 0.29) is 0 Å². The molecule has 2 aliphatic heterocycles. The van der Waals surface area contributed by atoms with Gasteiger partial charge in [-0.25, -0.2) is 4.98 Å². The van der Waals surface area contributed by atoms with Crippen LogP contribution in [0.5, 0.6) is 0 Å². The number of pyridine rings is 1. The minimum atomic E-state index is 0.737. The summed E-state index contributed by atoms with van der Waals surface area (Å²) < 4.78 is 0. The smallest absolute Gasteiger partial charge is 0.148 e. The van der Waals surface area contributed by atoms with Crippen molar-refractivity contribution in [1.29, 1.82) is 0 Å². The first-order valence-electron chi connectivity index (χ1n) is 9.67. The van der Waals surface area contributed by atoms with Crippen LogP contribution in [0, 0.1) is 0 Å². The van der Waals surface area contributed by atoms with Crippen molar-refractivity contribution >= 4 is 28.3 Å². The molecular formula is C22H23ClN4. The highest BCUT2D eigenvalue weighted by Gasteiger charge is 2.17. The van der Waals surface area contributed by atoms with Crippen LogP contribution in [-0.4, -0.2) is 37.7 Å². The average molecular weight is 379 g/mol. The maximum atomic E-state index is 6.62. The summed E-state index contributed by atoms with van der Waals surface area (Å²) in [5, 5.41) is 8.67. The second-order valence-electron chi connectivity index (χ2n) is 7.31. The number of hydrogen-bond acceptors (Lipinski definition) is 4. The fourth-order valence-electron chi connectivity index (χ4n) is 4.21. The largest absolute Gasteiger partial charge is 0.353 e. The van der Waals surface area contributed by atoms with Crippen molar-refractivity contribution in [3.63, 3.8) is 0 Å². The van der Waals surface area contributed by atoms with Crippen LogP contribution in [0.2, 0.25) is 5.02 Å². The lowest BCUT2D eigenvalue weighted by Gasteiger charge is -2.29. The number of nitrogens with zero attached hydrogens (tertiary/aromatic N) is 2. The number of benzene rings is 2. The Labute approximate surface area is 164 Å². The number of fused-ring (bicyclic) bond motifs is 2. The van der Waals surface area contributed by atoms with Gasteiger partial charge in [-0.1, -0.05) is 35.9 Å². The predicted octanol–water partition coefficient (Wildman–Crippen LogP) is 3.61. The van der Waals surface area contributed by atoms with Gasteiger partial charge in [0.05, 0.1) is 10.5 Å². The Kier molecular flexibility index (Phi) is 4.48. The average Bonchev–Trinajstić information content (AvgIpc) is 2.73. The molecule has 0 atom stereocenters. The van der Waals surface area contributed by atoms with Gasteiger partial charge in [-0.2, -0.15) is 0 Å². The van der Waals surface area contributed by atoms with E-state index in [9.17, 15) is 0 Å². The van der Waals surface area contributed by atoms with Crippen molar-refractivity contribution in [2.24, 2.45) is 0 Å². The Morgan fingerprint density at radius 1 is 0.963 bits per heavy atom. The number of anilines is 1. The quantitative estimate of drug-likeness (QED) is 0.714. The molecule has 4 nitrogen and oxygen atoms in total. The molecule has 0 saturated carbocycles. The monoisotopic (exact) mass is 378 g/mol. The Morgan fingerprint density at radius 2 is 1.85 bits per heavy atom. The zero-order valence-corrected chi connectivity index (χ0v) is 16.0. The summed E-state index contributed by atoms with van der Waals surface area (Å²) in [7, 11) is 0. The van der Waals surface area contributed by atoms with Gasteiger partial charge in [-0.05, 0) is 53.4 Å². The third-order valence-electron chi connectivity index (χ3n) is 5.62. The van der Waals surface area contributed by atoms with Crippen LogP contribution in [0.15, 0.2) is 42.5 Å². The molecule has 3 aromatic rings. The zero-order chi connectivity index (χ0) is 18.2. The van der Waals surface area contributed by atoms with E-state index in [4.69, 9.17) is 16.6 Å². The molecule has 2 N–H and O–H groups in total. The maximum absolute atomic E-state index is 6.62. The lowest BCUT2D eigenvalue weighted by atomic mass is 9.91. The van der Waals surface area contributed by atoms with E-state index in [0.717, 1.165) is 67.4 Å². The van der Waals surface area contributed by atoms with Crippen molar-refractivity contribution in [3.8, 4) is 11.1 Å². The van der Waals surface area contributed by atoms with Gasteiger partial charge in [-0.3, -0.25) is 0 Å². The van der Waals surface area contributed by atoms with Crippen LogP contribution in [0.1, 0.15) is 11.1 Å². The Hall–Kier alpha value is -2.14. The highest BCUT2D eigenvalue weighted by atomic mass is 35.5. The molecule has 0 amide bonds. The molecule has 3 heterocycles. The second-order valence-corrected chi connectivity index (χ2v) is 7.72. The van der Waals surface area contributed by atoms with Crippen LogP contribution < -0.4 is 15.5 Å². The molecule has 5 heteroatoms. The van der Waals surface area contributed by atoms with Crippen LogP contribution in [0.25, 0.3) is 22.0 Å². The van der Waals surface area contributed by atoms with E-state index >= 15 is 0 Å². The number of nitrogens with one attached hydrogen (secondary N) is 2. The summed E-state index contributed by atoms with van der Waals surface area (Å²) in [6.45, 7) is 5.84. The summed E-state index contributed by atoms with van der Waals surface area (Å²) in [5.74, 6) is 0.904. The van der Waals surface area contributed by atoms with Gasteiger partial charge in [-0.15, -0.1) is 0 Å².